The number of carbonyl (C=O) groups excluding carboxylic acids is 1. The van der Waals surface area contributed by atoms with Crippen LogP contribution in [0.3, 0.4) is 0 Å². The molecule has 20 heavy (non-hydrogen) atoms. The second kappa shape index (κ2) is 7.24. The number of benzene rings is 1. The Morgan fingerprint density at radius 3 is 2.95 bits per heavy atom. The van der Waals surface area contributed by atoms with Gasteiger partial charge in [0.2, 0.25) is 5.91 Å². The van der Waals surface area contributed by atoms with E-state index in [9.17, 15) is 9.18 Å². The number of anilines is 1. The van der Waals surface area contributed by atoms with E-state index in [-0.39, 0.29) is 23.9 Å². The first-order valence-electron chi connectivity index (χ1n) is 7.08. The molecule has 0 saturated carbocycles. The van der Waals surface area contributed by atoms with Gasteiger partial charge in [-0.05, 0) is 44.4 Å². The second-order valence-corrected chi connectivity index (χ2v) is 5.09. The van der Waals surface area contributed by atoms with Crippen LogP contribution in [0.4, 0.5) is 10.1 Å². The largest absolute Gasteiger partial charge is 0.385 e. The Labute approximate surface area is 118 Å². The average Bonchev–Trinajstić information content (AvgIpc) is 2.85. The lowest BCUT2D eigenvalue weighted by Crippen LogP contribution is -2.35. The van der Waals surface area contributed by atoms with Crippen molar-refractivity contribution in [1.82, 2.24) is 5.32 Å². The van der Waals surface area contributed by atoms with Gasteiger partial charge in [0.1, 0.15) is 11.9 Å². The third kappa shape index (κ3) is 4.49. The summed E-state index contributed by atoms with van der Waals surface area (Å²) in [6.07, 6.45) is 2.42. The van der Waals surface area contributed by atoms with E-state index in [1.54, 1.807) is 6.07 Å². The lowest BCUT2D eigenvalue weighted by molar-refractivity contribution is -0.131. The van der Waals surface area contributed by atoms with Gasteiger partial charge in [0.15, 0.2) is 0 Å². The molecule has 0 aliphatic carbocycles. The predicted octanol–water partition coefficient (Wildman–Crippen LogP) is 2.31. The zero-order chi connectivity index (χ0) is 14.4. The zero-order valence-corrected chi connectivity index (χ0v) is 11.7. The topological polar surface area (TPSA) is 50.4 Å². The van der Waals surface area contributed by atoms with Crippen molar-refractivity contribution in [3.63, 3.8) is 0 Å². The van der Waals surface area contributed by atoms with E-state index in [0.717, 1.165) is 24.9 Å². The molecule has 0 aromatic heterocycles. The highest BCUT2D eigenvalue weighted by molar-refractivity contribution is 5.80. The van der Waals surface area contributed by atoms with Crippen LogP contribution in [0, 0.1) is 5.82 Å². The maximum absolute atomic E-state index is 12.9. The number of halogens is 1. The maximum atomic E-state index is 12.9. The molecule has 1 fully saturated rings. The van der Waals surface area contributed by atoms with Crippen LogP contribution in [-0.2, 0) is 9.53 Å². The molecule has 2 unspecified atom stereocenters. The normalized spacial score (nSPS) is 21.7. The van der Waals surface area contributed by atoms with E-state index < -0.39 is 0 Å². The Morgan fingerprint density at radius 2 is 2.25 bits per heavy atom. The molecule has 1 aliphatic rings. The monoisotopic (exact) mass is 280 g/mol. The van der Waals surface area contributed by atoms with Crippen LogP contribution < -0.4 is 10.6 Å². The molecule has 0 radical (unpaired) electrons. The van der Waals surface area contributed by atoms with Gasteiger partial charge in [-0.3, -0.25) is 4.79 Å². The summed E-state index contributed by atoms with van der Waals surface area (Å²) < 4.78 is 18.4. The maximum Gasteiger partial charge on any atom is 0.249 e. The van der Waals surface area contributed by atoms with Crippen molar-refractivity contribution in [2.24, 2.45) is 0 Å². The zero-order valence-electron chi connectivity index (χ0n) is 11.7. The van der Waals surface area contributed by atoms with Gasteiger partial charge >= 0.3 is 0 Å². The van der Waals surface area contributed by atoms with Crippen molar-refractivity contribution < 1.29 is 13.9 Å². The van der Waals surface area contributed by atoms with Crippen LogP contribution in [0.5, 0.6) is 0 Å². The number of nitrogens with one attached hydrogen (secondary N) is 2. The van der Waals surface area contributed by atoms with Crippen LogP contribution >= 0.6 is 0 Å². The lowest BCUT2D eigenvalue weighted by Gasteiger charge is -2.12. The van der Waals surface area contributed by atoms with E-state index in [0.29, 0.717) is 13.1 Å². The number of ether oxygens (including phenoxy) is 1. The standard InChI is InChI=1S/C15H21FN2O2/c1-11-6-7-14(20-11)15(19)18-9-3-8-17-13-5-2-4-12(16)10-13/h2,4-5,10-11,14,17H,3,6-9H2,1H3,(H,18,19). The highest BCUT2D eigenvalue weighted by Crippen LogP contribution is 2.18. The third-order valence-electron chi connectivity index (χ3n) is 3.33. The summed E-state index contributed by atoms with van der Waals surface area (Å²) in [6.45, 7) is 3.26. The molecule has 110 valence electrons. The summed E-state index contributed by atoms with van der Waals surface area (Å²) in [6, 6.07) is 6.34. The summed E-state index contributed by atoms with van der Waals surface area (Å²) in [7, 11) is 0. The number of carbonyl (C=O) groups is 1. The van der Waals surface area contributed by atoms with Gasteiger partial charge in [0, 0.05) is 18.8 Å². The molecule has 5 heteroatoms. The average molecular weight is 280 g/mol. The molecule has 1 amide bonds. The molecular weight excluding hydrogens is 259 g/mol. The van der Waals surface area contributed by atoms with Gasteiger partial charge in [-0.15, -0.1) is 0 Å². The van der Waals surface area contributed by atoms with Crippen molar-refractivity contribution in [2.75, 3.05) is 18.4 Å². The summed E-state index contributed by atoms with van der Waals surface area (Å²) in [5.74, 6) is -0.282. The van der Waals surface area contributed by atoms with Crippen molar-refractivity contribution in [2.45, 2.75) is 38.4 Å². The molecule has 2 N–H and O–H groups in total. The minimum Gasteiger partial charge on any atom is -0.385 e. The van der Waals surface area contributed by atoms with Crippen molar-refractivity contribution >= 4 is 11.6 Å². The Balaban J connectivity index is 1.58. The summed E-state index contributed by atoms with van der Waals surface area (Å²) >= 11 is 0. The molecule has 1 aliphatic heterocycles. The van der Waals surface area contributed by atoms with Crippen molar-refractivity contribution in [1.29, 1.82) is 0 Å². The number of hydrogen-bond acceptors (Lipinski definition) is 3. The molecule has 1 aromatic carbocycles. The van der Waals surface area contributed by atoms with Gasteiger partial charge in [0.25, 0.3) is 0 Å². The minimum atomic E-state index is -0.291. The molecule has 0 bridgehead atoms. The molecule has 1 aromatic rings. The van der Waals surface area contributed by atoms with Gasteiger partial charge in [-0.2, -0.15) is 0 Å². The SMILES string of the molecule is CC1CCC(C(=O)NCCCNc2cccc(F)c2)O1. The van der Waals surface area contributed by atoms with E-state index >= 15 is 0 Å². The molecule has 1 heterocycles. The van der Waals surface area contributed by atoms with Gasteiger partial charge in [0.05, 0.1) is 6.10 Å². The first-order chi connectivity index (χ1) is 9.65. The van der Waals surface area contributed by atoms with Crippen LogP contribution in [0.2, 0.25) is 0 Å². The molecule has 2 rings (SSSR count). The fourth-order valence-electron chi connectivity index (χ4n) is 2.24. The van der Waals surface area contributed by atoms with Gasteiger partial charge in [-0.25, -0.2) is 4.39 Å². The Morgan fingerprint density at radius 1 is 1.40 bits per heavy atom. The quantitative estimate of drug-likeness (QED) is 0.786. The molecule has 4 nitrogen and oxygen atoms in total. The smallest absolute Gasteiger partial charge is 0.249 e. The summed E-state index contributed by atoms with van der Waals surface area (Å²) in [4.78, 5) is 11.8. The molecule has 0 spiro atoms. The summed E-state index contributed by atoms with van der Waals surface area (Å²) in [5.41, 5.74) is 0.754. The van der Waals surface area contributed by atoms with E-state index in [1.165, 1.54) is 12.1 Å². The Kier molecular flexibility index (Phi) is 5.35. The molecule has 1 saturated heterocycles. The minimum absolute atomic E-state index is 0.0277. The first-order valence-corrected chi connectivity index (χ1v) is 7.08. The van der Waals surface area contributed by atoms with Crippen LogP contribution in [-0.4, -0.2) is 31.2 Å². The van der Waals surface area contributed by atoms with E-state index in [2.05, 4.69) is 10.6 Å². The van der Waals surface area contributed by atoms with Crippen molar-refractivity contribution in [3.8, 4) is 0 Å². The van der Waals surface area contributed by atoms with Crippen LogP contribution in [0.25, 0.3) is 0 Å². The lowest BCUT2D eigenvalue weighted by atomic mass is 10.2. The number of amides is 1. The molecule has 2 atom stereocenters. The van der Waals surface area contributed by atoms with E-state index in [4.69, 9.17) is 4.74 Å². The second-order valence-electron chi connectivity index (χ2n) is 5.09. The highest BCUT2D eigenvalue weighted by Gasteiger charge is 2.27. The number of hydrogen-bond donors (Lipinski definition) is 2. The van der Waals surface area contributed by atoms with Gasteiger partial charge < -0.3 is 15.4 Å². The van der Waals surface area contributed by atoms with Crippen LogP contribution in [0.1, 0.15) is 26.2 Å². The third-order valence-corrected chi connectivity index (χ3v) is 3.33. The van der Waals surface area contributed by atoms with Crippen molar-refractivity contribution in [3.05, 3.63) is 30.1 Å². The fraction of sp³-hybridized carbons (Fsp3) is 0.533. The number of rotatable bonds is 6. The predicted molar refractivity (Wildman–Crippen MR) is 76.1 cm³/mol. The highest BCUT2D eigenvalue weighted by atomic mass is 19.1. The van der Waals surface area contributed by atoms with E-state index in [1.807, 2.05) is 13.0 Å². The summed E-state index contributed by atoms with van der Waals surface area (Å²) in [5, 5.41) is 5.98. The fourth-order valence-corrected chi connectivity index (χ4v) is 2.24. The first kappa shape index (κ1) is 14.8. The van der Waals surface area contributed by atoms with Crippen LogP contribution in [0.15, 0.2) is 24.3 Å². The van der Waals surface area contributed by atoms with Gasteiger partial charge in [-0.1, -0.05) is 6.07 Å². The Hall–Kier alpha value is -1.62. The molecular formula is C15H21FN2O2. The Bertz CT molecular complexity index is 453.